The SMILES string of the molecule is CCOC(=O)[C@@H]1[C@@H]2Cc3c(Cl)cccc3[C@H]21. The molecule has 0 unspecified atom stereocenters. The molecule has 0 aliphatic heterocycles. The van der Waals surface area contributed by atoms with Crippen molar-refractivity contribution < 1.29 is 9.53 Å². The van der Waals surface area contributed by atoms with E-state index >= 15 is 0 Å². The van der Waals surface area contributed by atoms with Gasteiger partial charge in [-0.15, -0.1) is 0 Å². The summed E-state index contributed by atoms with van der Waals surface area (Å²) in [6.45, 7) is 2.32. The molecule has 0 aromatic heterocycles. The third kappa shape index (κ3) is 1.29. The zero-order valence-corrected chi connectivity index (χ0v) is 9.83. The number of esters is 1. The Hall–Kier alpha value is -1.02. The van der Waals surface area contributed by atoms with Crippen LogP contribution in [-0.4, -0.2) is 12.6 Å². The van der Waals surface area contributed by atoms with E-state index in [1.165, 1.54) is 11.1 Å². The Morgan fingerprint density at radius 1 is 1.56 bits per heavy atom. The average Bonchev–Trinajstić information content (AvgIpc) is 2.85. The number of benzene rings is 1. The zero-order chi connectivity index (χ0) is 11.3. The van der Waals surface area contributed by atoms with Crippen LogP contribution in [0.2, 0.25) is 5.02 Å². The molecule has 0 bridgehead atoms. The van der Waals surface area contributed by atoms with Gasteiger partial charge in [-0.3, -0.25) is 4.79 Å². The largest absolute Gasteiger partial charge is 0.466 e. The monoisotopic (exact) mass is 236 g/mol. The average molecular weight is 237 g/mol. The first kappa shape index (κ1) is 10.2. The van der Waals surface area contributed by atoms with Gasteiger partial charge in [0.05, 0.1) is 12.5 Å². The van der Waals surface area contributed by atoms with Crippen LogP contribution in [-0.2, 0) is 16.0 Å². The number of hydrogen-bond donors (Lipinski definition) is 0. The smallest absolute Gasteiger partial charge is 0.309 e. The van der Waals surface area contributed by atoms with Gasteiger partial charge in [-0.05, 0) is 36.5 Å². The molecule has 3 atom stereocenters. The van der Waals surface area contributed by atoms with Gasteiger partial charge in [0.15, 0.2) is 0 Å². The predicted octanol–water partition coefficient (Wildman–Crippen LogP) is 2.79. The highest BCUT2D eigenvalue weighted by atomic mass is 35.5. The Balaban J connectivity index is 1.85. The maximum absolute atomic E-state index is 11.7. The standard InChI is InChI=1S/C13H13ClO2/c1-2-16-13(15)12-9-6-8-7(11(9)12)4-3-5-10(8)14/h3-5,9,11-12H,2,6H2,1H3/t9-,11-,12-/m1/s1. The maximum atomic E-state index is 11.7. The van der Waals surface area contributed by atoms with Gasteiger partial charge < -0.3 is 4.74 Å². The first-order valence-electron chi connectivity index (χ1n) is 5.68. The number of halogens is 1. The van der Waals surface area contributed by atoms with Crippen molar-refractivity contribution in [2.45, 2.75) is 19.3 Å². The summed E-state index contributed by atoms with van der Waals surface area (Å²) >= 11 is 6.13. The lowest BCUT2D eigenvalue weighted by Gasteiger charge is -2.08. The maximum Gasteiger partial charge on any atom is 0.309 e. The fraction of sp³-hybridized carbons (Fsp3) is 0.462. The molecule has 2 aliphatic carbocycles. The first-order valence-corrected chi connectivity index (χ1v) is 6.05. The Labute approximate surface area is 99.6 Å². The van der Waals surface area contributed by atoms with E-state index in [0.29, 0.717) is 18.4 Å². The minimum atomic E-state index is -0.0388. The van der Waals surface area contributed by atoms with Gasteiger partial charge in [0.2, 0.25) is 0 Å². The van der Waals surface area contributed by atoms with Gasteiger partial charge in [0.25, 0.3) is 0 Å². The molecule has 0 N–H and O–H groups in total. The summed E-state index contributed by atoms with van der Waals surface area (Å²) in [5, 5.41) is 0.840. The van der Waals surface area contributed by atoms with Crippen LogP contribution in [0.1, 0.15) is 24.0 Å². The highest BCUT2D eigenvalue weighted by Crippen LogP contribution is 2.62. The van der Waals surface area contributed by atoms with Gasteiger partial charge in [0, 0.05) is 10.9 Å². The Morgan fingerprint density at radius 2 is 2.38 bits per heavy atom. The number of carbonyl (C=O) groups is 1. The van der Waals surface area contributed by atoms with Crippen LogP contribution in [0, 0.1) is 11.8 Å². The van der Waals surface area contributed by atoms with Crippen LogP contribution >= 0.6 is 11.6 Å². The van der Waals surface area contributed by atoms with E-state index in [1.54, 1.807) is 0 Å². The summed E-state index contributed by atoms with van der Waals surface area (Å²) in [6, 6.07) is 5.97. The van der Waals surface area contributed by atoms with Crippen molar-refractivity contribution in [3.8, 4) is 0 Å². The summed E-state index contributed by atoms with van der Waals surface area (Å²) < 4.78 is 5.08. The van der Waals surface area contributed by atoms with E-state index in [9.17, 15) is 4.79 Å². The minimum absolute atomic E-state index is 0.0388. The highest BCUT2D eigenvalue weighted by Gasteiger charge is 2.60. The lowest BCUT2D eigenvalue weighted by Crippen LogP contribution is -2.11. The van der Waals surface area contributed by atoms with E-state index in [-0.39, 0.29) is 11.9 Å². The fourth-order valence-corrected chi connectivity index (χ4v) is 3.21. The van der Waals surface area contributed by atoms with E-state index in [1.807, 2.05) is 19.1 Å². The second-order valence-electron chi connectivity index (χ2n) is 4.48. The third-order valence-electron chi connectivity index (χ3n) is 3.68. The molecule has 2 aliphatic rings. The topological polar surface area (TPSA) is 26.3 Å². The van der Waals surface area contributed by atoms with Crippen LogP contribution in [0.25, 0.3) is 0 Å². The molecule has 3 rings (SSSR count). The van der Waals surface area contributed by atoms with Gasteiger partial charge in [-0.25, -0.2) is 0 Å². The number of rotatable bonds is 2. The molecule has 1 aromatic carbocycles. The molecule has 1 fully saturated rings. The van der Waals surface area contributed by atoms with Crippen molar-refractivity contribution in [2.75, 3.05) is 6.61 Å². The van der Waals surface area contributed by atoms with Crippen LogP contribution < -0.4 is 0 Å². The molecule has 2 nitrogen and oxygen atoms in total. The third-order valence-corrected chi connectivity index (χ3v) is 4.04. The van der Waals surface area contributed by atoms with E-state index in [0.717, 1.165) is 11.4 Å². The van der Waals surface area contributed by atoms with Gasteiger partial charge in [-0.1, -0.05) is 23.7 Å². The Bertz CT molecular complexity index is 455. The molecule has 0 amide bonds. The van der Waals surface area contributed by atoms with Crippen molar-refractivity contribution in [1.29, 1.82) is 0 Å². The normalized spacial score (nSPS) is 29.5. The van der Waals surface area contributed by atoms with Gasteiger partial charge in [0.1, 0.15) is 0 Å². The van der Waals surface area contributed by atoms with E-state index in [4.69, 9.17) is 16.3 Å². The van der Waals surface area contributed by atoms with Crippen LogP contribution in [0.5, 0.6) is 0 Å². The summed E-state index contributed by atoms with van der Waals surface area (Å²) in [5.74, 6) is 0.857. The van der Waals surface area contributed by atoms with Crippen molar-refractivity contribution >= 4 is 17.6 Å². The highest BCUT2D eigenvalue weighted by molar-refractivity contribution is 6.31. The number of hydrogen-bond acceptors (Lipinski definition) is 2. The summed E-state index contributed by atoms with van der Waals surface area (Å²) in [5.41, 5.74) is 2.50. The summed E-state index contributed by atoms with van der Waals surface area (Å²) in [4.78, 5) is 11.7. The number of fused-ring (bicyclic) bond motifs is 3. The second-order valence-corrected chi connectivity index (χ2v) is 4.89. The molecular formula is C13H13ClO2. The van der Waals surface area contributed by atoms with Gasteiger partial charge >= 0.3 is 5.97 Å². The van der Waals surface area contributed by atoms with Gasteiger partial charge in [-0.2, -0.15) is 0 Å². The second kappa shape index (κ2) is 3.49. The van der Waals surface area contributed by atoms with Crippen LogP contribution in [0.4, 0.5) is 0 Å². The van der Waals surface area contributed by atoms with Crippen LogP contribution in [0.15, 0.2) is 18.2 Å². The van der Waals surface area contributed by atoms with Crippen LogP contribution in [0.3, 0.4) is 0 Å². The number of carbonyl (C=O) groups excluding carboxylic acids is 1. The first-order chi connectivity index (χ1) is 7.74. The molecule has 1 saturated carbocycles. The fourth-order valence-electron chi connectivity index (χ4n) is 2.95. The molecule has 0 heterocycles. The molecule has 1 aromatic rings. The molecule has 16 heavy (non-hydrogen) atoms. The molecule has 3 heteroatoms. The molecule has 84 valence electrons. The Morgan fingerprint density at radius 3 is 3.12 bits per heavy atom. The van der Waals surface area contributed by atoms with Crippen molar-refractivity contribution in [2.24, 2.45) is 11.8 Å². The summed E-state index contributed by atoms with van der Waals surface area (Å²) in [7, 11) is 0. The lowest BCUT2D eigenvalue weighted by atomic mass is 10.0. The molecule has 0 radical (unpaired) electrons. The molecular weight excluding hydrogens is 224 g/mol. The van der Waals surface area contributed by atoms with Crippen molar-refractivity contribution in [3.63, 3.8) is 0 Å². The zero-order valence-electron chi connectivity index (χ0n) is 9.07. The number of ether oxygens (including phenoxy) is 1. The minimum Gasteiger partial charge on any atom is -0.466 e. The quantitative estimate of drug-likeness (QED) is 0.739. The molecule has 0 spiro atoms. The van der Waals surface area contributed by atoms with E-state index < -0.39 is 0 Å². The predicted molar refractivity (Wildman–Crippen MR) is 61.5 cm³/mol. The van der Waals surface area contributed by atoms with Crippen molar-refractivity contribution in [1.82, 2.24) is 0 Å². The summed E-state index contributed by atoms with van der Waals surface area (Å²) in [6.07, 6.45) is 0.934. The molecule has 0 saturated heterocycles. The Kier molecular flexibility index (Phi) is 2.21. The van der Waals surface area contributed by atoms with Crippen molar-refractivity contribution in [3.05, 3.63) is 34.3 Å². The van der Waals surface area contributed by atoms with E-state index in [2.05, 4.69) is 6.07 Å². The lowest BCUT2D eigenvalue weighted by molar-refractivity contribution is -0.145.